The summed E-state index contributed by atoms with van der Waals surface area (Å²) in [5.74, 6) is -0.118. The quantitative estimate of drug-likeness (QED) is 0.794. The van der Waals surface area contributed by atoms with Gasteiger partial charge in [-0.25, -0.2) is 0 Å². The van der Waals surface area contributed by atoms with E-state index in [4.69, 9.17) is 5.73 Å². The lowest BCUT2D eigenvalue weighted by molar-refractivity contribution is 0.0851. The number of nitrogens with zero attached hydrogens (tertiary/aromatic N) is 1. The molecule has 4 heteroatoms. The van der Waals surface area contributed by atoms with Crippen molar-refractivity contribution >= 4 is 11.6 Å². The predicted octanol–water partition coefficient (Wildman–Crippen LogP) is 1.64. The second kappa shape index (κ2) is 3.77. The maximum absolute atomic E-state index is 12.0. The largest absolute Gasteiger partial charge is 0.398 e. The molecule has 1 fully saturated rings. The fourth-order valence-corrected chi connectivity index (χ4v) is 1.94. The zero-order valence-electron chi connectivity index (χ0n) is 9.71. The van der Waals surface area contributed by atoms with Gasteiger partial charge in [0.2, 0.25) is 0 Å². The fourth-order valence-electron chi connectivity index (χ4n) is 1.94. The molecule has 1 saturated carbocycles. The molecular weight excluding hydrogens is 202 g/mol. The summed E-state index contributed by atoms with van der Waals surface area (Å²) in [4.78, 5) is 16.0. The molecule has 1 aromatic heterocycles. The zero-order chi connectivity index (χ0) is 11.8. The minimum atomic E-state index is -0.118. The number of aromatic nitrogens is 1. The van der Waals surface area contributed by atoms with Crippen LogP contribution in [0, 0.1) is 6.92 Å². The van der Waals surface area contributed by atoms with Gasteiger partial charge in [0, 0.05) is 23.1 Å². The van der Waals surface area contributed by atoms with E-state index in [2.05, 4.69) is 17.2 Å². The lowest BCUT2D eigenvalue weighted by atomic mass is 9.78. The van der Waals surface area contributed by atoms with Gasteiger partial charge in [0.15, 0.2) is 0 Å². The lowest BCUT2D eigenvalue weighted by Gasteiger charge is -2.39. The summed E-state index contributed by atoms with van der Waals surface area (Å²) in [6, 6.07) is 1.72. The molecule has 0 aliphatic heterocycles. The van der Waals surface area contributed by atoms with Crippen molar-refractivity contribution in [3.05, 3.63) is 23.5 Å². The molecule has 1 aliphatic rings. The summed E-state index contributed by atoms with van der Waals surface area (Å²) in [5, 5.41) is 3.01. The van der Waals surface area contributed by atoms with E-state index in [1.165, 1.54) is 6.42 Å². The second-order valence-electron chi connectivity index (χ2n) is 4.78. The third kappa shape index (κ3) is 2.01. The predicted molar refractivity (Wildman–Crippen MR) is 63.1 cm³/mol. The molecule has 3 N–H and O–H groups in total. The first-order valence-electron chi connectivity index (χ1n) is 5.55. The number of pyridine rings is 1. The van der Waals surface area contributed by atoms with Crippen molar-refractivity contribution in [2.45, 2.75) is 38.6 Å². The molecule has 0 radical (unpaired) electrons. The molecular formula is C12H17N3O. The van der Waals surface area contributed by atoms with Crippen molar-refractivity contribution in [1.82, 2.24) is 10.3 Å². The monoisotopic (exact) mass is 219 g/mol. The van der Waals surface area contributed by atoms with Crippen LogP contribution < -0.4 is 11.1 Å². The summed E-state index contributed by atoms with van der Waals surface area (Å²) < 4.78 is 0. The van der Waals surface area contributed by atoms with Crippen LogP contribution in [0.3, 0.4) is 0 Å². The van der Waals surface area contributed by atoms with E-state index in [0.29, 0.717) is 11.3 Å². The number of rotatable bonds is 2. The van der Waals surface area contributed by atoms with Crippen LogP contribution in [0.5, 0.6) is 0 Å². The van der Waals surface area contributed by atoms with Crippen LogP contribution in [-0.2, 0) is 0 Å². The van der Waals surface area contributed by atoms with Gasteiger partial charge in [-0.05, 0) is 39.2 Å². The number of amides is 1. The molecule has 1 heterocycles. The Morgan fingerprint density at radius 1 is 1.56 bits per heavy atom. The van der Waals surface area contributed by atoms with E-state index in [-0.39, 0.29) is 11.4 Å². The average Bonchev–Trinajstić information content (AvgIpc) is 2.14. The van der Waals surface area contributed by atoms with Gasteiger partial charge in [0.25, 0.3) is 5.91 Å². The Kier molecular flexibility index (Phi) is 2.58. The summed E-state index contributed by atoms with van der Waals surface area (Å²) in [5.41, 5.74) is 7.54. The number of nitrogens with two attached hydrogens (primary N) is 1. The number of carbonyl (C=O) groups is 1. The Labute approximate surface area is 95.3 Å². The van der Waals surface area contributed by atoms with Gasteiger partial charge < -0.3 is 11.1 Å². The first-order valence-corrected chi connectivity index (χ1v) is 5.55. The van der Waals surface area contributed by atoms with Crippen LogP contribution in [0.1, 0.15) is 42.2 Å². The van der Waals surface area contributed by atoms with Crippen LogP contribution in [-0.4, -0.2) is 16.4 Å². The average molecular weight is 219 g/mol. The van der Waals surface area contributed by atoms with Crippen molar-refractivity contribution < 1.29 is 4.79 Å². The Balaban J connectivity index is 2.14. The minimum absolute atomic E-state index is 0.0472. The second-order valence-corrected chi connectivity index (χ2v) is 4.78. The molecule has 4 nitrogen and oxygen atoms in total. The van der Waals surface area contributed by atoms with E-state index in [0.717, 1.165) is 18.5 Å². The highest BCUT2D eigenvalue weighted by Crippen LogP contribution is 2.31. The third-order valence-corrected chi connectivity index (χ3v) is 3.19. The number of nitrogens with one attached hydrogen (secondary N) is 1. The van der Waals surface area contributed by atoms with Crippen molar-refractivity contribution in [3.63, 3.8) is 0 Å². The van der Waals surface area contributed by atoms with E-state index in [1.54, 1.807) is 12.3 Å². The molecule has 86 valence electrons. The number of nitrogen functional groups attached to an aromatic ring is 1. The van der Waals surface area contributed by atoms with Crippen LogP contribution in [0.4, 0.5) is 5.69 Å². The molecule has 0 saturated heterocycles. The van der Waals surface area contributed by atoms with Crippen molar-refractivity contribution in [2.24, 2.45) is 0 Å². The van der Waals surface area contributed by atoms with Gasteiger partial charge in [0.05, 0.1) is 5.56 Å². The summed E-state index contributed by atoms with van der Waals surface area (Å²) in [6.45, 7) is 3.91. The maximum atomic E-state index is 12.0. The van der Waals surface area contributed by atoms with Crippen LogP contribution in [0.2, 0.25) is 0 Å². The Hall–Kier alpha value is -1.58. The SMILES string of the molecule is Cc1cc(N)c(C(=O)NC2(C)CCC2)cn1. The third-order valence-electron chi connectivity index (χ3n) is 3.19. The number of anilines is 1. The summed E-state index contributed by atoms with van der Waals surface area (Å²) >= 11 is 0. The van der Waals surface area contributed by atoms with Gasteiger partial charge in [-0.2, -0.15) is 0 Å². The normalized spacial score (nSPS) is 17.6. The first-order chi connectivity index (χ1) is 7.50. The highest BCUT2D eigenvalue weighted by atomic mass is 16.1. The topological polar surface area (TPSA) is 68.0 Å². The van der Waals surface area contributed by atoms with Gasteiger partial charge in [-0.3, -0.25) is 9.78 Å². The molecule has 2 rings (SSSR count). The number of carbonyl (C=O) groups excluding carboxylic acids is 1. The van der Waals surface area contributed by atoms with Crippen molar-refractivity contribution in [1.29, 1.82) is 0 Å². The number of hydrogen-bond acceptors (Lipinski definition) is 3. The highest BCUT2D eigenvalue weighted by Gasteiger charge is 2.33. The molecule has 0 spiro atoms. The smallest absolute Gasteiger partial charge is 0.255 e. The van der Waals surface area contributed by atoms with Gasteiger partial charge in [0.1, 0.15) is 0 Å². The van der Waals surface area contributed by atoms with E-state index < -0.39 is 0 Å². The molecule has 0 atom stereocenters. The number of hydrogen-bond donors (Lipinski definition) is 2. The van der Waals surface area contributed by atoms with Crippen LogP contribution in [0.15, 0.2) is 12.3 Å². The van der Waals surface area contributed by atoms with Crippen molar-refractivity contribution in [3.8, 4) is 0 Å². The molecule has 1 amide bonds. The maximum Gasteiger partial charge on any atom is 0.255 e. The Morgan fingerprint density at radius 2 is 2.25 bits per heavy atom. The number of aryl methyl sites for hydroxylation is 1. The Bertz CT molecular complexity index is 424. The van der Waals surface area contributed by atoms with Crippen LogP contribution >= 0.6 is 0 Å². The molecule has 16 heavy (non-hydrogen) atoms. The molecule has 0 aromatic carbocycles. The fraction of sp³-hybridized carbons (Fsp3) is 0.500. The lowest BCUT2D eigenvalue weighted by Crippen LogP contribution is -2.51. The minimum Gasteiger partial charge on any atom is -0.398 e. The van der Waals surface area contributed by atoms with E-state index >= 15 is 0 Å². The zero-order valence-corrected chi connectivity index (χ0v) is 9.71. The van der Waals surface area contributed by atoms with Crippen molar-refractivity contribution in [2.75, 3.05) is 5.73 Å². The van der Waals surface area contributed by atoms with Gasteiger partial charge >= 0.3 is 0 Å². The van der Waals surface area contributed by atoms with Gasteiger partial charge in [-0.15, -0.1) is 0 Å². The molecule has 1 aliphatic carbocycles. The summed E-state index contributed by atoms with van der Waals surface area (Å²) in [7, 11) is 0. The Morgan fingerprint density at radius 3 is 2.75 bits per heavy atom. The van der Waals surface area contributed by atoms with E-state index in [1.807, 2.05) is 6.92 Å². The molecule has 0 bridgehead atoms. The molecule has 0 unspecified atom stereocenters. The standard InChI is InChI=1S/C12H17N3O/c1-8-6-10(13)9(7-14-8)11(16)15-12(2)4-3-5-12/h6-7H,3-5H2,1-2H3,(H2,13,14)(H,15,16). The first kappa shape index (κ1) is 10.9. The van der Waals surface area contributed by atoms with Crippen LogP contribution in [0.25, 0.3) is 0 Å². The molecule has 1 aromatic rings. The van der Waals surface area contributed by atoms with Gasteiger partial charge in [-0.1, -0.05) is 0 Å². The summed E-state index contributed by atoms with van der Waals surface area (Å²) in [6.07, 6.45) is 4.80. The highest BCUT2D eigenvalue weighted by molar-refractivity contribution is 5.99. The van der Waals surface area contributed by atoms with E-state index in [9.17, 15) is 4.79 Å².